The Labute approximate surface area is 168 Å². The van der Waals surface area contributed by atoms with E-state index in [1.54, 1.807) is 0 Å². The standard InChI is InChI=1S/C24H31N3O/c1-17-14-15-22-23(2,3)24(22,16-17)28-21-13-9-7-11-19(21)26-25-18-10-6-8-12-20(18)27(4)5/h6-13,17,22H,14-16H2,1-5H3. The third kappa shape index (κ3) is 3.09. The highest BCUT2D eigenvalue weighted by molar-refractivity contribution is 5.66. The third-order valence-corrected chi connectivity index (χ3v) is 6.83. The second-order valence-corrected chi connectivity index (χ2v) is 9.20. The predicted molar refractivity (Wildman–Crippen MR) is 115 cm³/mol. The Morgan fingerprint density at radius 3 is 2.32 bits per heavy atom. The Morgan fingerprint density at radius 1 is 0.929 bits per heavy atom. The van der Waals surface area contributed by atoms with Crippen molar-refractivity contribution in [1.82, 2.24) is 0 Å². The third-order valence-electron chi connectivity index (χ3n) is 6.83. The molecule has 0 radical (unpaired) electrons. The summed E-state index contributed by atoms with van der Waals surface area (Å²) in [7, 11) is 4.04. The van der Waals surface area contributed by atoms with Crippen molar-refractivity contribution < 1.29 is 4.74 Å². The van der Waals surface area contributed by atoms with E-state index in [9.17, 15) is 0 Å². The lowest BCUT2D eigenvalue weighted by molar-refractivity contribution is 0.0853. The number of nitrogens with zero attached hydrogens (tertiary/aromatic N) is 3. The minimum atomic E-state index is -0.0577. The van der Waals surface area contributed by atoms with Gasteiger partial charge in [-0.3, -0.25) is 0 Å². The molecule has 0 aliphatic heterocycles. The fraction of sp³-hybridized carbons (Fsp3) is 0.500. The minimum Gasteiger partial charge on any atom is -0.484 e. The van der Waals surface area contributed by atoms with Crippen LogP contribution in [0.4, 0.5) is 17.1 Å². The largest absolute Gasteiger partial charge is 0.484 e. The molecular weight excluding hydrogens is 346 g/mol. The Kier molecular flexibility index (Phi) is 4.68. The van der Waals surface area contributed by atoms with Gasteiger partial charge in [-0.25, -0.2) is 0 Å². The number of benzene rings is 2. The first-order valence-corrected chi connectivity index (χ1v) is 10.3. The zero-order valence-electron chi connectivity index (χ0n) is 17.6. The van der Waals surface area contributed by atoms with Crippen LogP contribution in [0.2, 0.25) is 0 Å². The maximum absolute atomic E-state index is 6.74. The summed E-state index contributed by atoms with van der Waals surface area (Å²) in [6.45, 7) is 7.06. The Morgan fingerprint density at radius 2 is 1.57 bits per heavy atom. The van der Waals surface area contributed by atoms with Crippen LogP contribution in [0.5, 0.6) is 5.75 Å². The molecule has 0 aromatic heterocycles. The molecule has 0 N–H and O–H groups in total. The number of fused-ring (bicyclic) bond motifs is 1. The van der Waals surface area contributed by atoms with Crippen LogP contribution in [0.25, 0.3) is 0 Å². The number of anilines is 1. The van der Waals surface area contributed by atoms with E-state index < -0.39 is 0 Å². The minimum absolute atomic E-state index is 0.0577. The molecule has 3 unspecified atom stereocenters. The fourth-order valence-electron chi connectivity index (χ4n) is 5.10. The zero-order valence-corrected chi connectivity index (χ0v) is 17.6. The van der Waals surface area contributed by atoms with Gasteiger partial charge in [-0.1, -0.05) is 51.5 Å². The Hall–Kier alpha value is -2.36. The van der Waals surface area contributed by atoms with E-state index in [0.29, 0.717) is 11.8 Å². The van der Waals surface area contributed by atoms with Crippen molar-refractivity contribution in [3.05, 3.63) is 48.5 Å². The normalized spacial score (nSPS) is 28.0. The van der Waals surface area contributed by atoms with Gasteiger partial charge in [-0.2, -0.15) is 0 Å². The van der Waals surface area contributed by atoms with Gasteiger partial charge in [-0.15, -0.1) is 10.2 Å². The van der Waals surface area contributed by atoms with Crippen molar-refractivity contribution in [2.24, 2.45) is 27.5 Å². The van der Waals surface area contributed by atoms with Crippen molar-refractivity contribution in [3.63, 3.8) is 0 Å². The SMILES string of the molecule is CC1CCC2C(C)(C)C2(Oc2ccccc2N=Nc2ccccc2N(C)C)C1. The fourth-order valence-corrected chi connectivity index (χ4v) is 5.10. The second kappa shape index (κ2) is 6.91. The molecule has 3 atom stereocenters. The highest BCUT2D eigenvalue weighted by Crippen LogP contribution is 2.70. The van der Waals surface area contributed by atoms with Crippen molar-refractivity contribution in [1.29, 1.82) is 0 Å². The van der Waals surface area contributed by atoms with Crippen molar-refractivity contribution in [2.45, 2.75) is 45.6 Å². The summed E-state index contributed by atoms with van der Waals surface area (Å²) in [6.07, 6.45) is 3.69. The molecule has 0 saturated heterocycles. The summed E-state index contributed by atoms with van der Waals surface area (Å²) in [6, 6.07) is 16.1. The summed E-state index contributed by atoms with van der Waals surface area (Å²) < 4.78 is 6.74. The predicted octanol–water partition coefficient (Wildman–Crippen LogP) is 6.76. The highest BCUT2D eigenvalue weighted by atomic mass is 16.5. The molecule has 148 valence electrons. The van der Waals surface area contributed by atoms with E-state index in [1.165, 1.54) is 12.8 Å². The molecule has 2 aromatic carbocycles. The first-order valence-electron chi connectivity index (χ1n) is 10.3. The summed E-state index contributed by atoms with van der Waals surface area (Å²) >= 11 is 0. The molecule has 4 heteroatoms. The van der Waals surface area contributed by atoms with Gasteiger partial charge >= 0.3 is 0 Å². The van der Waals surface area contributed by atoms with Crippen LogP contribution in [-0.2, 0) is 0 Å². The van der Waals surface area contributed by atoms with Crippen LogP contribution in [0.3, 0.4) is 0 Å². The molecule has 0 amide bonds. The van der Waals surface area contributed by atoms with Crippen LogP contribution >= 0.6 is 0 Å². The lowest BCUT2D eigenvalue weighted by Gasteiger charge is -2.29. The summed E-state index contributed by atoms with van der Waals surface area (Å²) in [4.78, 5) is 2.05. The highest BCUT2D eigenvalue weighted by Gasteiger charge is 2.74. The molecule has 2 aliphatic rings. The van der Waals surface area contributed by atoms with Gasteiger partial charge in [0.1, 0.15) is 22.7 Å². The monoisotopic (exact) mass is 377 g/mol. The molecule has 28 heavy (non-hydrogen) atoms. The van der Waals surface area contributed by atoms with E-state index in [2.05, 4.69) is 42.0 Å². The topological polar surface area (TPSA) is 37.2 Å². The number of azo groups is 1. The average molecular weight is 378 g/mol. The molecule has 0 spiro atoms. The zero-order chi connectivity index (χ0) is 19.9. The van der Waals surface area contributed by atoms with Gasteiger partial charge in [0.05, 0.1) is 5.69 Å². The maximum Gasteiger partial charge on any atom is 0.147 e. The van der Waals surface area contributed by atoms with Crippen LogP contribution < -0.4 is 9.64 Å². The first-order chi connectivity index (χ1) is 13.3. The molecule has 4 nitrogen and oxygen atoms in total. The van der Waals surface area contributed by atoms with Gasteiger partial charge < -0.3 is 9.64 Å². The molecule has 0 heterocycles. The van der Waals surface area contributed by atoms with E-state index in [-0.39, 0.29) is 11.0 Å². The number of para-hydroxylation sites is 2. The van der Waals surface area contributed by atoms with Crippen LogP contribution in [0.15, 0.2) is 58.8 Å². The molecule has 0 bridgehead atoms. The number of rotatable bonds is 5. The van der Waals surface area contributed by atoms with Gasteiger partial charge in [0, 0.05) is 25.4 Å². The van der Waals surface area contributed by atoms with Crippen molar-refractivity contribution in [2.75, 3.05) is 19.0 Å². The van der Waals surface area contributed by atoms with E-state index in [4.69, 9.17) is 4.74 Å². The van der Waals surface area contributed by atoms with E-state index in [0.717, 1.165) is 29.2 Å². The number of ether oxygens (including phenoxy) is 1. The second-order valence-electron chi connectivity index (χ2n) is 9.20. The summed E-state index contributed by atoms with van der Waals surface area (Å²) in [5, 5.41) is 9.12. The van der Waals surface area contributed by atoms with Gasteiger partial charge in [-0.05, 0) is 43.0 Å². The van der Waals surface area contributed by atoms with E-state index >= 15 is 0 Å². The lowest BCUT2D eigenvalue weighted by Crippen LogP contribution is -2.30. The van der Waals surface area contributed by atoms with Crippen LogP contribution in [-0.4, -0.2) is 19.7 Å². The molecule has 2 aromatic rings. The molecule has 2 aliphatic carbocycles. The van der Waals surface area contributed by atoms with Gasteiger partial charge in [0.15, 0.2) is 0 Å². The molecule has 4 rings (SSSR count). The Balaban J connectivity index is 1.62. The summed E-state index contributed by atoms with van der Waals surface area (Å²) in [5.41, 5.74) is 2.87. The Bertz CT molecular complexity index is 889. The molecular formula is C24H31N3O. The van der Waals surface area contributed by atoms with Crippen LogP contribution in [0.1, 0.15) is 40.0 Å². The first kappa shape index (κ1) is 19.0. The smallest absolute Gasteiger partial charge is 0.147 e. The summed E-state index contributed by atoms with van der Waals surface area (Å²) in [5.74, 6) is 2.19. The molecule has 2 fully saturated rings. The van der Waals surface area contributed by atoms with Gasteiger partial charge in [0.2, 0.25) is 0 Å². The maximum atomic E-state index is 6.74. The quantitative estimate of drug-likeness (QED) is 0.540. The van der Waals surface area contributed by atoms with E-state index in [1.807, 2.05) is 56.6 Å². The van der Waals surface area contributed by atoms with Crippen LogP contribution in [0, 0.1) is 17.3 Å². The number of hydrogen-bond donors (Lipinski definition) is 0. The average Bonchev–Trinajstić information content (AvgIpc) is 3.14. The molecule has 2 saturated carbocycles. The van der Waals surface area contributed by atoms with Crippen molar-refractivity contribution >= 4 is 17.1 Å². The number of hydrogen-bond acceptors (Lipinski definition) is 4. The lowest BCUT2D eigenvalue weighted by atomic mass is 9.88. The van der Waals surface area contributed by atoms with Crippen molar-refractivity contribution in [3.8, 4) is 5.75 Å². The van der Waals surface area contributed by atoms with Gasteiger partial charge in [0.25, 0.3) is 0 Å².